The van der Waals surface area contributed by atoms with Crippen LogP contribution in [0.15, 0.2) is 12.3 Å². The van der Waals surface area contributed by atoms with Crippen LogP contribution >= 0.6 is 0 Å². The molecule has 2 aromatic rings. The standard InChI is InChI=1S/C14H22N6O/c1-5-21-9-14-17-12(15-3)6-13(18-14)16-7-11-8-20(4)19-10(11)2/h6,8H,5,7,9H2,1-4H3,(H2,15,16,17,18). The summed E-state index contributed by atoms with van der Waals surface area (Å²) in [6.45, 7) is 5.67. The maximum Gasteiger partial charge on any atom is 0.158 e. The van der Waals surface area contributed by atoms with E-state index in [4.69, 9.17) is 4.74 Å². The maximum atomic E-state index is 5.37. The Labute approximate surface area is 124 Å². The van der Waals surface area contributed by atoms with E-state index >= 15 is 0 Å². The minimum Gasteiger partial charge on any atom is -0.374 e. The lowest BCUT2D eigenvalue weighted by Gasteiger charge is -2.09. The van der Waals surface area contributed by atoms with Gasteiger partial charge >= 0.3 is 0 Å². The number of ether oxygens (including phenoxy) is 1. The van der Waals surface area contributed by atoms with Crippen molar-refractivity contribution < 1.29 is 4.74 Å². The summed E-state index contributed by atoms with van der Waals surface area (Å²) in [5, 5.41) is 10.7. The molecule has 0 unspecified atom stereocenters. The Morgan fingerprint density at radius 2 is 2.05 bits per heavy atom. The highest BCUT2D eigenvalue weighted by Gasteiger charge is 2.06. The first-order valence-corrected chi connectivity index (χ1v) is 6.98. The molecule has 0 saturated carbocycles. The predicted octanol–water partition coefficient (Wildman–Crippen LogP) is 1.71. The van der Waals surface area contributed by atoms with Crippen molar-refractivity contribution in [2.45, 2.75) is 27.0 Å². The van der Waals surface area contributed by atoms with Crippen LogP contribution in [0.4, 0.5) is 11.6 Å². The van der Waals surface area contributed by atoms with Gasteiger partial charge in [-0.2, -0.15) is 5.10 Å². The first-order chi connectivity index (χ1) is 10.1. The van der Waals surface area contributed by atoms with Crippen LogP contribution in [-0.2, 0) is 24.9 Å². The van der Waals surface area contributed by atoms with Crippen LogP contribution in [0.3, 0.4) is 0 Å². The van der Waals surface area contributed by atoms with Crippen molar-refractivity contribution in [2.24, 2.45) is 7.05 Å². The third-order valence-corrected chi connectivity index (χ3v) is 3.04. The van der Waals surface area contributed by atoms with E-state index in [1.165, 1.54) is 0 Å². The van der Waals surface area contributed by atoms with Gasteiger partial charge in [-0.1, -0.05) is 0 Å². The average molecular weight is 290 g/mol. The minimum absolute atomic E-state index is 0.409. The summed E-state index contributed by atoms with van der Waals surface area (Å²) in [5.74, 6) is 2.20. The Morgan fingerprint density at radius 1 is 1.29 bits per heavy atom. The van der Waals surface area contributed by atoms with E-state index < -0.39 is 0 Å². The predicted molar refractivity (Wildman–Crippen MR) is 82.2 cm³/mol. The number of rotatable bonds is 7. The highest BCUT2D eigenvalue weighted by atomic mass is 16.5. The van der Waals surface area contributed by atoms with Crippen LogP contribution < -0.4 is 10.6 Å². The molecule has 0 saturated heterocycles. The Balaban J connectivity index is 2.09. The third-order valence-electron chi connectivity index (χ3n) is 3.04. The summed E-state index contributed by atoms with van der Waals surface area (Å²) in [6.07, 6.45) is 2.00. The van der Waals surface area contributed by atoms with Crippen LogP contribution in [0, 0.1) is 6.92 Å². The third kappa shape index (κ3) is 4.16. The zero-order valence-electron chi connectivity index (χ0n) is 13.0. The molecule has 0 fully saturated rings. The monoisotopic (exact) mass is 290 g/mol. The summed E-state index contributed by atoms with van der Waals surface area (Å²) in [7, 11) is 3.75. The van der Waals surface area contributed by atoms with Gasteiger partial charge in [0.05, 0.1) is 5.69 Å². The number of nitrogens with zero attached hydrogens (tertiary/aromatic N) is 4. The molecule has 7 heteroatoms. The second-order valence-electron chi connectivity index (χ2n) is 4.71. The number of hydrogen-bond acceptors (Lipinski definition) is 6. The van der Waals surface area contributed by atoms with E-state index in [2.05, 4.69) is 25.7 Å². The molecule has 21 heavy (non-hydrogen) atoms. The topological polar surface area (TPSA) is 76.9 Å². The molecule has 0 aliphatic carbocycles. The number of anilines is 2. The summed E-state index contributed by atoms with van der Waals surface area (Å²) in [5.41, 5.74) is 2.16. The molecule has 0 amide bonds. The fourth-order valence-corrected chi connectivity index (χ4v) is 1.98. The van der Waals surface area contributed by atoms with E-state index in [0.717, 1.165) is 22.9 Å². The van der Waals surface area contributed by atoms with Gasteiger partial charge < -0.3 is 15.4 Å². The molecule has 0 aromatic carbocycles. The molecule has 7 nitrogen and oxygen atoms in total. The molecule has 0 bridgehead atoms. The maximum absolute atomic E-state index is 5.37. The van der Waals surface area contributed by atoms with Gasteiger partial charge in [0.1, 0.15) is 18.2 Å². The van der Waals surface area contributed by atoms with E-state index in [0.29, 0.717) is 25.6 Å². The fourth-order valence-electron chi connectivity index (χ4n) is 1.98. The molecule has 114 valence electrons. The zero-order chi connectivity index (χ0) is 15.2. The molecule has 0 radical (unpaired) electrons. The first kappa shape index (κ1) is 15.2. The number of aryl methyl sites for hydroxylation is 2. The highest BCUT2D eigenvalue weighted by molar-refractivity contribution is 5.47. The average Bonchev–Trinajstić information content (AvgIpc) is 2.80. The van der Waals surface area contributed by atoms with E-state index in [-0.39, 0.29) is 0 Å². The van der Waals surface area contributed by atoms with Gasteiger partial charge in [-0.3, -0.25) is 4.68 Å². The first-order valence-electron chi connectivity index (χ1n) is 6.98. The number of nitrogens with one attached hydrogen (secondary N) is 2. The van der Waals surface area contributed by atoms with Crippen molar-refractivity contribution in [1.29, 1.82) is 0 Å². The lowest BCUT2D eigenvalue weighted by Crippen LogP contribution is -2.08. The Hall–Kier alpha value is -2.15. The van der Waals surface area contributed by atoms with Gasteiger partial charge in [-0.25, -0.2) is 9.97 Å². The molecule has 2 heterocycles. The lowest BCUT2D eigenvalue weighted by molar-refractivity contribution is 0.128. The highest BCUT2D eigenvalue weighted by Crippen LogP contribution is 2.14. The summed E-state index contributed by atoms with van der Waals surface area (Å²) in [6, 6.07) is 1.88. The second-order valence-corrected chi connectivity index (χ2v) is 4.71. The van der Waals surface area contributed by atoms with Crippen molar-refractivity contribution in [1.82, 2.24) is 19.7 Å². The summed E-state index contributed by atoms with van der Waals surface area (Å²) in [4.78, 5) is 8.82. The molecular weight excluding hydrogens is 268 g/mol. The summed E-state index contributed by atoms with van der Waals surface area (Å²) >= 11 is 0. The van der Waals surface area contributed by atoms with Crippen molar-refractivity contribution >= 4 is 11.6 Å². The van der Waals surface area contributed by atoms with Crippen LogP contribution in [0.1, 0.15) is 24.0 Å². The molecule has 0 aliphatic heterocycles. The molecule has 2 aromatic heterocycles. The molecule has 2 rings (SSSR count). The molecule has 0 aliphatic rings. The second kappa shape index (κ2) is 7.03. The molecule has 0 spiro atoms. The molecular formula is C14H22N6O. The van der Waals surface area contributed by atoms with E-state index in [1.54, 1.807) is 0 Å². The van der Waals surface area contributed by atoms with Crippen LogP contribution in [0.25, 0.3) is 0 Å². The smallest absolute Gasteiger partial charge is 0.158 e. The van der Waals surface area contributed by atoms with Crippen LogP contribution in [0.5, 0.6) is 0 Å². The van der Waals surface area contributed by atoms with Gasteiger partial charge in [-0.05, 0) is 13.8 Å². The van der Waals surface area contributed by atoms with Crippen molar-refractivity contribution in [2.75, 3.05) is 24.3 Å². The number of hydrogen-bond donors (Lipinski definition) is 2. The fraction of sp³-hybridized carbons (Fsp3) is 0.500. The Bertz CT molecular complexity index is 595. The zero-order valence-corrected chi connectivity index (χ0v) is 13.0. The van der Waals surface area contributed by atoms with Crippen molar-refractivity contribution in [3.05, 3.63) is 29.3 Å². The van der Waals surface area contributed by atoms with Gasteiger partial charge in [0.15, 0.2) is 5.82 Å². The van der Waals surface area contributed by atoms with Crippen LogP contribution in [0.2, 0.25) is 0 Å². The van der Waals surface area contributed by atoms with Crippen LogP contribution in [-0.4, -0.2) is 33.4 Å². The quantitative estimate of drug-likeness (QED) is 0.808. The molecule has 2 N–H and O–H groups in total. The van der Waals surface area contributed by atoms with Gasteiger partial charge in [-0.15, -0.1) is 0 Å². The van der Waals surface area contributed by atoms with Gasteiger partial charge in [0.25, 0.3) is 0 Å². The Morgan fingerprint density at radius 3 is 2.67 bits per heavy atom. The number of aromatic nitrogens is 4. The van der Waals surface area contributed by atoms with E-state index in [1.807, 2.05) is 44.9 Å². The SMILES string of the molecule is CCOCc1nc(NC)cc(NCc2cn(C)nc2C)n1. The van der Waals surface area contributed by atoms with Gasteiger partial charge in [0, 0.05) is 45.1 Å². The Kier molecular flexibility index (Phi) is 5.10. The minimum atomic E-state index is 0.409. The molecule has 0 atom stereocenters. The normalized spacial score (nSPS) is 10.7. The largest absolute Gasteiger partial charge is 0.374 e. The van der Waals surface area contributed by atoms with Crippen molar-refractivity contribution in [3.63, 3.8) is 0 Å². The summed E-state index contributed by atoms with van der Waals surface area (Å²) < 4.78 is 7.18. The van der Waals surface area contributed by atoms with E-state index in [9.17, 15) is 0 Å². The van der Waals surface area contributed by atoms with Gasteiger partial charge in [0.2, 0.25) is 0 Å². The van der Waals surface area contributed by atoms with Crippen molar-refractivity contribution in [3.8, 4) is 0 Å². The lowest BCUT2D eigenvalue weighted by atomic mass is 10.2.